The molecule has 0 unspecified atom stereocenters. The van der Waals surface area contributed by atoms with Gasteiger partial charge in [0.05, 0.1) is 12.1 Å². The summed E-state index contributed by atoms with van der Waals surface area (Å²) in [6.07, 6.45) is 1.64. The van der Waals surface area contributed by atoms with Gasteiger partial charge in [-0.1, -0.05) is 17.7 Å². The Morgan fingerprint density at radius 1 is 1.45 bits per heavy atom. The van der Waals surface area contributed by atoms with E-state index in [0.29, 0.717) is 23.0 Å². The second-order valence-electron chi connectivity index (χ2n) is 3.98. The summed E-state index contributed by atoms with van der Waals surface area (Å²) in [5.74, 6) is 0.298. The molecule has 0 aliphatic carbocycles. The Bertz CT molecular complexity index is 634. The number of halogens is 2. The van der Waals surface area contributed by atoms with E-state index in [1.54, 1.807) is 37.6 Å². The summed E-state index contributed by atoms with van der Waals surface area (Å²) in [5, 5.41) is 3.30. The molecule has 0 spiro atoms. The number of methoxy groups -OCH3 is 1. The Labute approximate surface area is 130 Å². The molecule has 0 bridgehead atoms. The number of pyridine rings is 1. The van der Waals surface area contributed by atoms with Gasteiger partial charge in [-0.25, -0.2) is 4.98 Å². The van der Waals surface area contributed by atoms with Crippen molar-refractivity contribution in [3.05, 3.63) is 57.2 Å². The van der Waals surface area contributed by atoms with Crippen LogP contribution in [0.3, 0.4) is 0 Å². The molecule has 0 radical (unpaired) electrons. The number of carbonyl (C=O) groups excluding carboxylic acids is 1. The summed E-state index contributed by atoms with van der Waals surface area (Å²) in [6, 6.07) is 8.69. The summed E-state index contributed by atoms with van der Waals surface area (Å²) >= 11 is 9.25. The predicted molar refractivity (Wildman–Crippen MR) is 81.1 cm³/mol. The molecule has 0 saturated carbocycles. The number of amides is 1. The third-order valence-electron chi connectivity index (χ3n) is 2.66. The van der Waals surface area contributed by atoms with Gasteiger partial charge in [-0.3, -0.25) is 4.79 Å². The second-order valence-corrected chi connectivity index (χ2v) is 5.24. The minimum atomic E-state index is -0.203. The molecule has 20 heavy (non-hydrogen) atoms. The van der Waals surface area contributed by atoms with Crippen molar-refractivity contribution in [2.24, 2.45) is 0 Å². The van der Waals surface area contributed by atoms with Crippen LogP contribution < -0.4 is 10.1 Å². The van der Waals surface area contributed by atoms with Crippen molar-refractivity contribution in [2.75, 3.05) is 7.11 Å². The van der Waals surface area contributed by atoms with Gasteiger partial charge in [-0.2, -0.15) is 0 Å². The molecule has 1 N–H and O–H groups in total. The number of benzene rings is 1. The van der Waals surface area contributed by atoms with E-state index in [2.05, 4.69) is 26.2 Å². The number of nitrogens with one attached hydrogen (secondary N) is 1. The molecule has 104 valence electrons. The molecule has 4 nitrogen and oxygen atoms in total. The highest BCUT2D eigenvalue weighted by molar-refractivity contribution is 9.10. The van der Waals surface area contributed by atoms with Crippen LogP contribution in [-0.4, -0.2) is 18.0 Å². The predicted octanol–water partition coefficient (Wildman–Crippen LogP) is 3.44. The molecule has 0 aliphatic rings. The third kappa shape index (κ3) is 3.49. The van der Waals surface area contributed by atoms with Crippen molar-refractivity contribution < 1.29 is 9.53 Å². The van der Waals surface area contributed by atoms with Crippen molar-refractivity contribution in [3.63, 3.8) is 0 Å². The zero-order valence-electron chi connectivity index (χ0n) is 10.7. The van der Waals surface area contributed by atoms with Gasteiger partial charge in [0.2, 0.25) is 5.88 Å². The molecule has 0 saturated heterocycles. The van der Waals surface area contributed by atoms with Gasteiger partial charge in [-0.15, -0.1) is 0 Å². The van der Waals surface area contributed by atoms with Gasteiger partial charge in [-0.05, 0) is 40.2 Å². The lowest BCUT2D eigenvalue weighted by molar-refractivity contribution is 0.0950. The number of nitrogens with zero attached hydrogens (tertiary/aromatic N) is 1. The molecule has 0 aliphatic heterocycles. The maximum absolute atomic E-state index is 12.0. The Hall–Kier alpha value is -1.59. The first-order valence-electron chi connectivity index (χ1n) is 5.83. The lowest BCUT2D eigenvalue weighted by atomic mass is 10.2. The number of hydrogen-bond acceptors (Lipinski definition) is 3. The highest BCUT2D eigenvalue weighted by atomic mass is 79.9. The molecular formula is C14H12BrClN2O2. The summed E-state index contributed by atoms with van der Waals surface area (Å²) in [5.41, 5.74) is 1.31. The van der Waals surface area contributed by atoms with E-state index in [9.17, 15) is 4.79 Å². The van der Waals surface area contributed by atoms with Gasteiger partial charge in [0.15, 0.2) is 0 Å². The van der Waals surface area contributed by atoms with Crippen molar-refractivity contribution in [1.82, 2.24) is 10.3 Å². The Morgan fingerprint density at radius 2 is 2.25 bits per heavy atom. The number of carbonyl (C=O) groups is 1. The van der Waals surface area contributed by atoms with Crippen LogP contribution in [0.2, 0.25) is 5.02 Å². The lowest BCUT2D eigenvalue weighted by Gasteiger charge is -2.09. The van der Waals surface area contributed by atoms with Crippen LogP contribution in [0, 0.1) is 0 Å². The first-order valence-corrected chi connectivity index (χ1v) is 7.00. The van der Waals surface area contributed by atoms with E-state index in [-0.39, 0.29) is 5.91 Å². The van der Waals surface area contributed by atoms with E-state index in [4.69, 9.17) is 16.3 Å². The molecule has 2 aromatic rings. The molecule has 1 aromatic heterocycles. The van der Waals surface area contributed by atoms with E-state index in [1.165, 1.54) is 0 Å². The topological polar surface area (TPSA) is 51.2 Å². The molecule has 2 rings (SSSR count). The average molecular weight is 356 g/mol. The van der Waals surface area contributed by atoms with Crippen molar-refractivity contribution >= 4 is 33.4 Å². The largest absolute Gasteiger partial charge is 0.481 e. The fraction of sp³-hybridized carbons (Fsp3) is 0.143. The standard InChI is InChI=1S/C14H12BrClN2O2/c1-20-14-10(3-2-6-17-14)8-18-13(19)9-4-5-11(15)12(16)7-9/h2-7H,8H2,1H3,(H,18,19). The minimum Gasteiger partial charge on any atom is -0.481 e. The fourth-order valence-corrected chi connectivity index (χ4v) is 2.08. The quantitative estimate of drug-likeness (QED) is 0.914. The first kappa shape index (κ1) is 14.8. The first-order chi connectivity index (χ1) is 9.61. The van der Waals surface area contributed by atoms with Gasteiger partial charge < -0.3 is 10.1 Å². The van der Waals surface area contributed by atoms with Crippen LogP contribution in [0.15, 0.2) is 41.0 Å². The van der Waals surface area contributed by atoms with Gasteiger partial charge in [0, 0.05) is 28.3 Å². The highest BCUT2D eigenvalue weighted by Gasteiger charge is 2.09. The minimum absolute atomic E-state index is 0.203. The van der Waals surface area contributed by atoms with Crippen molar-refractivity contribution in [2.45, 2.75) is 6.54 Å². The molecule has 0 fully saturated rings. The Balaban J connectivity index is 2.06. The zero-order valence-corrected chi connectivity index (χ0v) is 13.0. The van der Waals surface area contributed by atoms with Crippen LogP contribution in [0.5, 0.6) is 5.88 Å². The second kappa shape index (κ2) is 6.72. The van der Waals surface area contributed by atoms with E-state index in [0.717, 1.165) is 10.0 Å². The molecule has 1 heterocycles. The smallest absolute Gasteiger partial charge is 0.251 e. The number of hydrogen-bond donors (Lipinski definition) is 1. The van der Waals surface area contributed by atoms with Gasteiger partial charge in [0.25, 0.3) is 5.91 Å². The summed E-state index contributed by atoms with van der Waals surface area (Å²) < 4.78 is 5.88. The molecule has 1 amide bonds. The van der Waals surface area contributed by atoms with Gasteiger partial charge >= 0.3 is 0 Å². The molecular weight excluding hydrogens is 344 g/mol. The van der Waals surface area contributed by atoms with E-state index < -0.39 is 0 Å². The number of rotatable bonds is 4. The van der Waals surface area contributed by atoms with Crippen LogP contribution in [0.4, 0.5) is 0 Å². The normalized spacial score (nSPS) is 10.2. The van der Waals surface area contributed by atoms with Crippen LogP contribution >= 0.6 is 27.5 Å². The average Bonchev–Trinajstić information content (AvgIpc) is 2.47. The zero-order chi connectivity index (χ0) is 14.5. The van der Waals surface area contributed by atoms with Crippen molar-refractivity contribution in [3.8, 4) is 5.88 Å². The Kier molecular flexibility index (Phi) is 4.98. The monoisotopic (exact) mass is 354 g/mol. The fourth-order valence-electron chi connectivity index (χ4n) is 1.66. The number of ether oxygens (including phenoxy) is 1. The number of aromatic nitrogens is 1. The summed E-state index contributed by atoms with van der Waals surface area (Å²) in [7, 11) is 1.54. The SMILES string of the molecule is COc1ncccc1CNC(=O)c1ccc(Br)c(Cl)c1. The molecule has 6 heteroatoms. The maximum Gasteiger partial charge on any atom is 0.251 e. The van der Waals surface area contributed by atoms with E-state index in [1.807, 2.05) is 6.07 Å². The lowest BCUT2D eigenvalue weighted by Crippen LogP contribution is -2.23. The van der Waals surface area contributed by atoms with Crippen LogP contribution in [0.1, 0.15) is 15.9 Å². The third-order valence-corrected chi connectivity index (χ3v) is 3.90. The van der Waals surface area contributed by atoms with E-state index >= 15 is 0 Å². The summed E-state index contributed by atoms with van der Waals surface area (Å²) in [4.78, 5) is 16.1. The maximum atomic E-state index is 12.0. The van der Waals surface area contributed by atoms with Gasteiger partial charge in [0.1, 0.15) is 0 Å². The summed E-state index contributed by atoms with van der Waals surface area (Å²) in [6.45, 7) is 0.337. The van der Waals surface area contributed by atoms with Crippen molar-refractivity contribution in [1.29, 1.82) is 0 Å². The molecule has 1 aromatic carbocycles. The van der Waals surface area contributed by atoms with Crippen LogP contribution in [0.25, 0.3) is 0 Å². The molecule has 0 atom stereocenters. The highest BCUT2D eigenvalue weighted by Crippen LogP contribution is 2.23. The Morgan fingerprint density at radius 3 is 2.95 bits per heavy atom. The van der Waals surface area contributed by atoms with Crippen LogP contribution in [-0.2, 0) is 6.54 Å².